The molecule has 1 atom stereocenters. The first-order valence-electron chi connectivity index (χ1n) is 6.51. The van der Waals surface area contributed by atoms with Crippen LogP contribution in [-0.4, -0.2) is 17.6 Å². The Labute approximate surface area is 117 Å². The minimum atomic E-state index is -0.610. The molecule has 2 aromatic rings. The van der Waals surface area contributed by atoms with Gasteiger partial charge >= 0.3 is 0 Å². The molecule has 0 radical (unpaired) electrons. The number of benzene rings is 2. The zero-order chi connectivity index (χ0) is 13.9. The standard InChI is InChI=1S/C16H15NO3/c18-14(8-11-4-2-1-3-5-11)12-6-7-15-13(9-12)17-16(19)10-20-15/h1-7,9,14,18H,8,10H2,(H,17,19). The second-order valence-electron chi connectivity index (χ2n) is 4.80. The number of ether oxygens (including phenoxy) is 1. The van der Waals surface area contributed by atoms with Crippen molar-refractivity contribution in [3.8, 4) is 5.75 Å². The summed E-state index contributed by atoms with van der Waals surface area (Å²) in [7, 11) is 0. The fraction of sp³-hybridized carbons (Fsp3) is 0.188. The zero-order valence-corrected chi connectivity index (χ0v) is 10.9. The minimum absolute atomic E-state index is 0.0406. The van der Waals surface area contributed by atoms with Crippen molar-refractivity contribution in [3.63, 3.8) is 0 Å². The summed E-state index contributed by atoms with van der Waals surface area (Å²) in [6.45, 7) is 0.0406. The Morgan fingerprint density at radius 2 is 2.00 bits per heavy atom. The Kier molecular flexibility index (Phi) is 3.39. The van der Waals surface area contributed by atoms with E-state index in [4.69, 9.17) is 4.74 Å². The zero-order valence-electron chi connectivity index (χ0n) is 10.9. The molecule has 0 spiro atoms. The van der Waals surface area contributed by atoms with E-state index in [-0.39, 0.29) is 12.5 Å². The fourth-order valence-electron chi connectivity index (χ4n) is 2.26. The Bertz CT molecular complexity index is 625. The number of carbonyl (C=O) groups is 1. The monoisotopic (exact) mass is 269 g/mol. The highest BCUT2D eigenvalue weighted by Gasteiger charge is 2.18. The quantitative estimate of drug-likeness (QED) is 0.898. The van der Waals surface area contributed by atoms with Crippen LogP contribution >= 0.6 is 0 Å². The van der Waals surface area contributed by atoms with E-state index in [2.05, 4.69) is 5.32 Å². The van der Waals surface area contributed by atoms with Gasteiger partial charge in [-0.2, -0.15) is 0 Å². The molecular weight excluding hydrogens is 254 g/mol. The van der Waals surface area contributed by atoms with Gasteiger partial charge in [-0.25, -0.2) is 0 Å². The summed E-state index contributed by atoms with van der Waals surface area (Å²) >= 11 is 0. The van der Waals surface area contributed by atoms with E-state index in [1.807, 2.05) is 36.4 Å². The lowest BCUT2D eigenvalue weighted by molar-refractivity contribution is -0.118. The molecule has 0 saturated heterocycles. The molecule has 0 fully saturated rings. The predicted octanol–water partition coefficient (Wildman–Crippen LogP) is 2.29. The Balaban J connectivity index is 1.80. The lowest BCUT2D eigenvalue weighted by Crippen LogP contribution is -2.25. The molecule has 102 valence electrons. The highest BCUT2D eigenvalue weighted by molar-refractivity contribution is 5.95. The van der Waals surface area contributed by atoms with Crippen LogP contribution in [0.3, 0.4) is 0 Å². The maximum atomic E-state index is 11.3. The summed E-state index contributed by atoms with van der Waals surface area (Å²) in [6.07, 6.45) is -0.0736. The van der Waals surface area contributed by atoms with Gasteiger partial charge in [0.1, 0.15) is 5.75 Å². The Hall–Kier alpha value is -2.33. The van der Waals surface area contributed by atoms with Gasteiger partial charge in [0.05, 0.1) is 11.8 Å². The summed E-state index contributed by atoms with van der Waals surface area (Å²) in [6, 6.07) is 15.2. The molecule has 1 heterocycles. The molecule has 20 heavy (non-hydrogen) atoms. The molecule has 1 aliphatic heterocycles. The molecule has 1 amide bonds. The smallest absolute Gasteiger partial charge is 0.262 e. The molecular formula is C16H15NO3. The summed E-state index contributed by atoms with van der Waals surface area (Å²) in [5.74, 6) is 0.465. The topological polar surface area (TPSA) is 58.6 Å². The SMILES string of the molecule is O=C1COc2ccc(C(O)Cc3ccccc3)cc2N1. The van der Waals surface area contributed by atoms with Crippen LogP contribution in [0.25, 0.3) is 0 Å². The molecule has 2 aromatic carbocycles. The number of nitrogens with one attached hydrogen (secondary N) is 1. The summed E-state index contributed by atoms with van der Waals surface area (Å²) in [5, 5.41) is 13.0. The maximum absolute atomic E-state index is 11.3. The van der Waals surface area contributed by atoms with Crippen LogP contribution in [-0.2, 0) is 11.2 Å². The van der Waals surface area contributed by atoms with Crippen molar-refractivity contribution in [1.82, 2.24) is 0 Å². The van der Waals surface area contributed by atoms with Crippen molar-refractivity contribution >= 4 is 11.6 Å². The van der Waals surface area contributed by atoms with Gasteiger partial charge in [-0.05, 0) is 23.3 Å². The van der Waals surface area contributed by atoms with Crippen LogP contribution in [0.4, 0.5) is 5.69 Å². The van der Waals surface area contributed by atoms with Gasteiger partial charge in [-0.1, -0.05) is 36.4 Å². The molecule has 0 aromatic heterocycles. The highest BCUT2D eigenvalue weighted by Crippen LogP contribution is 2.31. The maximum Gasteiger partial charge on any atom is 0.262 e. The molecule has 1 aliphatic rings. The van der Waals surface area contributed by atoms with Crippen molar-refractivity contribution in [2.75, 3.05) is 11.9 Å². The van der Waals surface area contributed by atoms with Gasteiger partial charge in [0.25, 0.3) is 5.91 Å². The molecule has 0 saturated carbocycles. The van der Waals surface area contributed by atoms with Crippen LogP contribution in [0.5, 0.6) is 5.75 Å². The van der Waals surface area contributed by atoms with Crippen LogP contribution in [0.2, 0.25) is 0 Å². The normalized spacial score (nSPS) is 14.9. The largest absolute Gasteiger partial charge is 0.482 e. The van der Waals surface area contributed by atoms with Crippen molar-refractivity contribution in [3.05, 3.63) is 59.7 Å². The van der Waals surface area contributed by atoms with Gasteiger partial charge in [0, 0.05) is 6.42 Å². The second-order valence-corrected chi connectivity index (χ2v) is 4.80. The number of amides is 1. The second kappa shape index (κ2) is 5.35. The van der Waals surface area contributed by atoms with E-state index < -0.39 is 6.10 Å². The van der Waals surface area contributed by atoms with Crippen molar-refractivity contribution in [2.45, 2.75) is 12.5 Å². The Morgan fingerprint density at radius 3 is 2.80 bits per heavy atom. The van der Waals surface area contributed by atoms with Gasteiger partial charge in [-0.3, -0.25) is 4.79 Å². The van der Waals surface area contributed by atoms with Gasteiger partial charge in [0.2, 0.25) is 0 Å². The number of hydrogen-bond acceptors (Lipinski definition) is 3. The molecule has 4 heteroatoms. The lowest BCUT2D eigenvalue weighted by atomic mass is 10.0. The van der Waals surface area contributed by atoms with Crippen molar-refractivity contribution in [1.29, 1.82) is 0 Å². The lowest BCUT2D eigenvalue weighted by Gasteiger charge is -2.20. The number of fused-ring (bicyclic) bond motifs is 1. The first-order chi connectivity index (χ1) is 9.72. The molecule has 0 aliphatic carbocycles. The van der Waals surface area contributed by atoms with Gasteiger partial charge in [0.15, 0.2) is 6.61 Å². The van der Waals surface area contributed by atoms with Gasteiger partial charge < -0.3 is 15.2 Å². The van der Waals surface area contributed by atoms with E-state index in [0.29, 0.717) is 17.9 Å². The number of carbonyl (C=O) groups excluding carboxylic acids is 1. The molecule has 4 nitrogen and oxygen atoms in total. The number of anilines is 1. The fourth-order valence-corrected chi connectivity index (χ4v) is 2.26. The highest BCUT2D eigenvalue weighted by atomic mass is 16.5. The van der Waals surface area contributed by atoms with E-state index in [0.717, 1.165) is 11.1 Å². The van der Waals surface area contributed by atoms with Crippen LogP contribution in [0, 0.1) is 0 Å². The number of aliphatic hydroxyl groups excluding tert-OH is 1. The average molecular weight is 269 g/mol. The molecule has 1 unspecified atom stereocenters. The van der Waals surface area contributed by atoms with E-state index in [1.54, 1.807) is 12.1 Å². The minimum Gasteiger partial charge on any atom is -0.482 e. The van der Waals surface area contributed by atoms with Gasteiger partial charge in [-0.15, -0.1) is 0 Å². The molecule has 2 N–H and O–H groups in total. The first-order valence-corrected chi connectivity index (χ1v) is 6.51. The number of rotatable bonds is 3. The third-order valence-corrected chi connectivity index (χ3v) is 3.29. The number of aliphatic hydroxyl groups is 1. The summed E-state index contributed by atoms with van der Waals surface area (Å²) < 4.78 is 5.30. The first kappa shape index (κ1) is 12.7. The third-order valence-electron chi connectivity index (χ3n) is 3.29. The van der Waals surface area contributed by atoms with E-state index in [1.165, 1.54) is 0 Å². The number of hydrogen-bond donors (Lipinski definition) is 2. The van der Waals surface area contributed by atoms with Crippen LogP contribution in [0.1, 0.15) is 17.2 Å². The predicted molar refractivity (Wildman–Crippen MR) is 75.7 cm³/mol. The third kappa shape index (κ3) is 2.65. The Morgan fingerprint density at radius 1 is 1.20 bits per heavy atom. The summed E-state index contributed by atoms with van der Waals surface area (Å²) in [4.78, 5) is 11.3. The molecule has 3 rings (SSSR count). The van der Waals surface area contributed by atoms with E-state index in [9.17, 15) is 9.90 Å². The van der Waals surface area contributed by atoms with E-state index >= 15 is 0 Å². The van der Waals surface area contributed by atoms with Crippen LogP contribution in [0.15, 0.2) is 48.5 Å². The average Bonchev–Trinajstić information content (AvgIpc) is 2.47. The summed E-state index contributed by atoms with van der Waals surface area (Å²) in [5.41, 5.74) is 2.45. The van der Waals surface area contributed by atoms with Crippen LogP contribution < -0.4 is 10.1 Å². The molecule has 0 bridgehead atoms. The van der Waals surface area contributed by atoms with Crippen molar-refractivity contribution < 1.29 is 14.6 Å². The van der Waals surface area contributed by atoms with Crippen molar-refractivity contribution in [2.24, 2.45) is 0 Å².